The van der Waals surface area contributed by atoms with Crippen molar-refractivity contribution in [2.75, 3.05) is 6.54 Å². The number of amides is 2. The lowest BCUT2D eigenvalue weighted by Gasteiger charge is -2.09. The Balaban J connectivity index is 1.56. The predicted molar refractivity (Wildman–Crippen MR) is 97.1 cm³/mol. The number of carbonyl (C=O) groups is 2. The lowest BCUT2D eigenvalue weighted by atomic mass is 10.1. The Hall–Kier alpha value is -3.48. The second-order valence-corrected chi connectivity index (χ2v) is 5.74. The second kappa shape index (κ2) is 8.06. The maximum atomic E-state index is 12.0. The molecule has 7 nitrogen and oxygen atoms in total. The van der Waals surface area contributed by atoms with Crippen LogP contribution in [0, 0.1) is 0 Å². The molecule has 0 unspecified atom stereocenters. The van der Waals surface area contributed by atoms with E-state index in [1.54, 1.807) is 41.3 Å². The zero-order valence-electron chi connectivity index (χ0n) is 14.3. The number of hydrogen-bond acceptors (Lipinski definition) is 4. The first-order valence-corrected chi connectivity index (χ1v) is 8.16. The van der Waals surface area contributed by atoms with E-state index in [0.29, 0.717) is 12.1 Å². The molecule has 0 saturated heterocycles. The van der Waals surface area contributed by atoms with Gasteiger partial charge in [-0.3, -0.25) is 19.3 Å². The Labute approximate surface area is 151 Å². The number of aromatic nitrogens is 3. The van der Waals surface area contributed by atoms with Crippen LogP contribution in [0.5, 0.6) is 0 Å². The van der Waals surface area contributed by atoms with E-state index >= 15 is 0 Å². The number of carbonyl (C=O) groups excluding carboxylic acids is 2. The quantitative estimate of drug-likeness (QED) is 0.706. The van der Waals surface area contributed by atoms with Gasteiger partial charge in [-0.05, 0) is 23.8 Å². The molecule has 0 fully saturated rings. The van der Waals surface area contributed by atoms with E-state index in [2.05, 4.69) is 20.7 Å². The zero-order chi connectivity index (χ0) is 18.4. The highest BCUT2D eigenvalue weighted by Gasteiger charge is 2.11. The van der Waals surface area contributed by atoms with E-state index in [1.165, 1.54) is 0 Å². The number of benzene rings is 1. The second-order valence-electron chi connectivity index (χ2n) is 5.74. The number of hydrogen-bond donors (Lipinski definition) is 2. The Bertz CT molecular complexity index is 905. The minimum atomic E-state index is -0.279. The lowest BCUT2D eigenvalue weighted by molar-refractivity contribution is -0.120. The molecular weight excluding hydrogens is 330 g/mol. The van der Waals surface area contributed by atoms with Gasteiger partial charge >= 0.3 is 0 Å². The standard InChI is InChI=1S/C19H19N5O2/c1-24-13-16(11-23-24)18-15(8-5-9-20-18)10-21-17(25)12-22-19(26)14-6-3-2-4-7-14/h2-9,11,13H,10,12H2,1H3,(H,21,25)(H,22,26). The smallest absolute Gasteiger partial charge is 0.251 e. The topological polar surface area (TPSA) is 88.9 Å². The maximum absolute atomic E-state index is 12.0. The van der Waals surface area contributed by atoms with Crippen LogP contribution in [0.1, 0.15) is 15.9 Å². The highest BCUT2D eigenvalue weighted by atomic mass is 16.2. The molecule has 2 heterocycles. The van der Waals surface area contributed by atoms with Crippen molar-refractivity contribution < 1.29 is 9.59 Å². The average Bonchev–Trinajstić information content (AvgIpc) is 3.11. The fourth-order valence-electron chi connectivity index (χ4n) is 2.49. The van der Waals surface area contributed by atoms with Gasteiger partial charge in [-0.2, -0.15) is 5.10 Å². The fourth-order valence-corrected chi connectivity index (χ4v) is 2.49. The Kier molecular flexibility index (Phi) is 5.38. The third kappa shape index (κ3) is 4.32. The minimum absolute atomic E-state index is 0.0871. The summed E-state index contributed by atoms with van der Waals surface area (Å²) in [7, 11) is 1.84. The SMILES string of the molecule is Cn1cc(-c2ncccc2CNC(=O)CNC(=O)c2ccccc2)cn1. The number of pyridine rings is 1. The van der Waals surface area contributed by atoms with Crippen molar-refractivity contribution in [1.29, 1.82) is 0 Å². The van der Waals surface area contributed by atoms with Gasteiger partial charge in [0.15, 0.2) is 0 Å². The van der Waals surface area contributed by atoms with Crippen LogP contribution in [0.2, 0.25) is 0 Å². The molecule has 26 heavy (non-hydrogen) atoms. The summed E-state index contributed by atoms with van der Waals surface area (Å²) in [6.07, 6.45) is 5.30. The first-order chi connectivity index (χ1) is 12.6. The largest absolute Gasteiger partial charge is 0.350 e. The van der Waals surface area contributed by atoms with Crippen molar-refractivity contribution in [3.8, 4) is 11.3 Å². The molecule has 2 aromatic heterocycles. The molecule has 0 aliphatic carbocycles. The van der Waals surface area contributed by atoms with Crippen molar-refractivity contribution in [2.24, 2.45) is 7.05 Å². The normalized spacial score (nSPS) is 10.3. The molecule has 0 atom stereocenters. The van der Waals surface area contributed by atoms with E-state index < -0.39 is 0 Å². The molecule has 3 aromatic rings. The first-order valence-electron chi connectivity index (χ1n) is 8.16. The number of nitrogens with zero attached hydrogens (tertiary/aromatic N) is 3. The summed E-state index contributed by atoms with van der Waals surface area (Å²) in [5, 5.41) is 9.56. The molecule has 132 valence electrons. The fraction of sp³-hybridized carbons (Fsp3) is 0.158. The number of nitrogens with one attached hydrogen (secondary N) is 2. The van der Waals surface area contributed by atoms with E-state index in [1.807, 2.05) is 31.4 Å². The van der Waals surface area contributed by atoms with Gasteiger partial charge in [-0.25, -0.2) is 0 Å². The van der Waals surface area contributed by atoms with Crippen LogP contribution in [0.15, 0.2) is 61.1 Å². The Morgan fingerprint density at radius 3 is 2.62 bits per heavy atom. The molecule has 0 aliphatic heterocycles. The molecule has 0 spiro atoms. The first kappa shape index (κ1) is 17.3. The van der Waals surface area contributed by atoms with Crippen molar-refractivity contribution in [1.82, 2.24) is 25.4 Å². The summed E-state index contributed by atoms with van der Waals surface area (Å²) < 4.78 is 1.70. The highest BCUT2D eigenvalue weighted by Crippen LogP contribution is 2.19. The van der Waals surface area contributed by atoms with Gasteiger partial charge in [0.1, 0.15) is 0 Å². The summed E-state index contributed by atoms with van der Waals surface area (Å²) in [6, 6.07) is 12.5. The average molecular weight is 349 g/mol. The summed E-state index contributed by atoms with van der Waals surface area (Å²) in [4.78, 5) is 28.4. The van der Waals surface area contributed by atoms with Crippen LogP contribution in [-0.2, 0) is 18.4 Å². The van der Waals surface area contributed by atoms with Gasteiger partial charge in [0.05, 0.1) is 18.4 Å². The molecule has 0 bridgehead atoms. The predicted octanol–water partition coefficient (Wildman–Crippen LogP) is 1.53. The van der Waals surface area contributed by atoms with Crippen LogP contribution >= 0.6 is 0 Å². The van der Waals surface area contributed by atoms with Crippen LogP contribution < -0.4 is 10.6 Å². The van der Waals surface area contributed by atoms with Gasteiger partial charge in [-0.15, -0.1) is 0 Å². The third-order valence-corrected chi connectivity index (χ3v) is 3.79. The molecule has 0 aliphatic rings. The maximum Gasteiger partial charge on any atom is 0.251 e. The van der Waals surface area contributed by atoms with Crippen LogP contribution in [0.25, 0.3) is 11.3 Å². The number of aryl methyl sites for hydroxylation is 1. The molecule has 2 N–H and O–H groups in total. The van der Waals surface area contributed by atoms with E-state index in [0.717, 1.165) is 16.8 Å². The van der Waals surface area contributed by atoms with Gasteiger partial charge in [0, 0.05) is 37.1 Å². The Morgan fingerprint density at radius 1 is 1.08 bits per heavy atom. The summed E-state index contributed by atoms with van der Waals surface area (Å²) in [6.45, 7) is 0.230. The summed E-state index contributed by atoms with van der Waals surface area (Å²) in [5.74, 6) is -0.548. The molecular formula is C19H19N5O2. The summed E-state index contributed by atoms with van der Waals surface area (Å²) >= 11 is 0. The van der Waals surface area contributed by atoms with Gasteiger partial charge in [0.25, 0.3) is 5.91 Å². The van der Waals surface area contributed by atoms with Gasteiger partial charge in [-0.1, -0.05) is 24.3 Å². The monoisotopic (exact) mass is 349 g/mol. The van der Waals surface area contributed by atoms with Crippen molar-refractivity contribution in [2.45, 2.75) is 6.54 Å². The minimum Gasteiger partial charge on any atom is -0.350 e. The van der Waals surface area contributed by atoms with Crippen LogP contribution in [-0.4, -0.2) is 33.1 Å². The van der Waals surface area contributed by atoms with Gasteiger partial charge in [0.2, 0.25) is 5.91 Å². The third-order valence-electron chi connectivity index (χ3n) is 3.79. The Morgan fingerprint density at radius 2 is 1.88 bits per heavy atom. The summed E-state index contributed by atoms with van der Waals surface area (Å²) in [5.41, 5.74) is 3.05. The van der Waals surface area contributed by atoms with Crippen LogP contribution in [0.3, 0.4) is 0 Å². The van der Waals surface area contributed by atoms with E-state index in [4.69, 9.17) is 0 Å². The van der Waals surface area contributed by atoms with E-state index in [9.17, 15) is 9.59 Å². The zero-order valence-corrected chi connectivity index (χ0v) is 14.3. The van der Waals surface area contributed by atoms with E-state index in [-0.39, 0.29) is 18.4 Å². The number of rotatable bonds is 6. The van der Waals surface area contributed by atoms with Gasteiger partial charge < -0.3 is 10.6 Å². The molecule has 1 aromatic carbocycles. The highest BCUT2D eigenvalue weighted by molar-refractivity contribution is 5.96. The van der Waals surface area contributed by atoms with Crippen molar-refractivity contribution >= 4 is 11.8 Å². The molecule has 0 radical (unpaired) electrons. The van der Waals surface area contributed by atoms with Crippen LogP contribution in [0.4, 0.5) is 0 Å². The molecule has 7 heteroatoms. The van der Waals surface area contributed by atoms with Crippen molar-refractivity contribution in [3.63, 3.8) is 0 Å². The molecule has 3 rings (SSSR count). The molecule has 0 saturated carbocycles. The molecule has 2 amide bonds. The lowest BCUT2D eigenvalue weighted by Crippen LogP contribution is -2.36. The van der Waals surface area contributed by atoms with Crippen molar-refractivity contribution in [3.05, 3.63) is 72.2 Å².